The molecular formula is C13H10BrO. The maximum absolute atomic E-state index is 5.67. The summed E-state index contributed by atoms with van der Waals surface area (Å²) in [5.41, 5.74) is 0.926. The number of para-hydroxylation sites is 1. The summed E-state index contributed by atoms with van der Waals surface area (Å²) in [6.45, 7) is 3.87. The van der Waals surface area contributed by atoms with Gasteiger partial charge in [-0.25, -0.2) is 0 Å². The van der Waals surface area contributed by atoms with Crippen LogP contribution in [-0.2, 0) is 0 Å². The first-order chi connectivity index (χ1) is 7.24. The molecule has 75 valence electrons. The number of halogens is 1. The Morgan fingerprint density at radius 3 is 2.33 bits per heavy atom. The Hall–Kier alpha value is -1.28. The van der Waals surface area contributed by atoms with Gasteiger partial charge in [0.25, 0.3) is 0 Å². The van der Waals surface area contributed by atoms with E-state index in [0.717, 1.165) is 21.5 Å². The van der Waals surface area contributed by atoms with E-state index in [1.807, 2.05) is 48.5 Å². The van der Waals surface area contributed by atoms with Gasteiger partial charge in [0.2, 0.25) is 0 Å². The molecule has 0 aliphatic rings. The van der Waals surface area contributed by atoms with Crippen molar-refractivity contribution in [3.8, 4) is 11.5 Å². The molecule has 0 N–H and O–H groups in total. The van der Waals surface area contributed by atoms with E-state index in [2.05, 4.69) is 22.9 Å². The standard InChI is InChI=1S/C13H10BrO/c1-10-7-11(14)9-13(8-10)15-12-5-3-2-4-6-12/h2-9H,1H2. The van der Waals surface area contributed by atoms with Gasteiger partial charge in [0.15, 0.2) is 0 Å². The van der Waals surface area contributed by atoms with Crippen molar-refractivity contribution in [3.05, 3.63) is 65.5 Å². The molecule has 2 rings (SSSR count). The molecule has 15 heavy (non-hydrogen) atoms. The lowest BCUT2D eigenvalue weighted by Gasteiger charge is -2.06. The summed E-state index contributed by atoms with van der Waals surface area (Å²) in [7, 11) is 0. The monoisotopic (exact) mass is 261 g/mol. The molecule has 0 heterocycles. The van der Waals surface area contributed by atoms with Gasteiger partial charge in [-0.15, -0.1) is 0 Å². The quantitative estimate of drug-likeness (QED) is 0.778. The summed E-state index contributed by atoms with van der Waals surface area (Å²) in [5.74, 6) is 1.62. The van der Waals surface area contributed by atoms with Crippen LogP contribution in [-0.4, -0.2) is 0 Å². The highest BCUT2D eigenvalue weighted by atomic mass is 79.9. The SMILES string of the molecule is [CH2]c1cc(Br)cc(Oc2ccccc2)c1. The van der Waals surface area contributed by atoms with Gasteiger partial charge in [0, 0.05) is 4.47 Å². The highest BCUT2D eigenvalue weighted by Gasteiger charge is 1.98. The van der Waals surface area contributed by atoms with Crippen molar-refractivity contribution < 1.29 is 4.74 Å². The molecule has 0 bridgehead atoms. The molecule has 2 aromatic carbocycles. The second kappa shape index (κ2) is 4.49. The lowest BCUT2D eigenvalue weighted by atomic mass is 10.2. The third kappa shape index (κ3) is 2.83. The number of ether oxygens (including phenoxy) is 1. The van der Waals surface area contributed by atoms with E-state index in [0.29, 0.717) is 0 Å². The molecule has 1 nitrogen and oxygen atoms in total. The minimum Gasteiger partial charge on any atom is -0.457 e. The average Bonchev–Trinajstić information content (AvgIpc) is 2.17. The lowest BCUT2D eigenvalue weighted by Crippen LogP contribution is -1.84. The van der Waals surface area contributed by atoms with Gasteiger partial charge in [-0.2, -0.15) is 0 Å². The van der Waals surface area contributed by atoms with Crippen LogP contribution in [0.3, 0.4) is 0 Å². The Morgan fingerprint density at radius 2 is 1.67 bits per heavy atom. The normalized spacial score (nSPS) is 10.0. The predicted octanol–water partition coefficient (Wildman–Crippen LogP) is 4.42. The van der Waals surface area contributed by atoms with Crippen molar-refractivity contribution in [1.82, 2.24) is 0 Å². The van der Waals surface area contributed by atoms with E-state index in [-0.39, 0.29) is 0 Å². The summed E-state index contributed by atoms with van der Waals surface area (Å²) in [6.07, 6.45) is 0. The van der Waals surface area contributed by atoms with E-state index in [1.165, 1.54) is 0 Å². The maximum atomic E-state index is 5.67. The molecule has 2 heteroatoms. The third-order valence-electron chi connectivity index (χ3n) is 1.91. The molecule has 1 radical (unpaired) electrons. The summed E-state index contributed by atoms with van der Waals surface area (Å²) in [4.78, 5) is 0. The Kier molecular flexibility index (Phi) is 3.07. The molecule has 0 fully saturated rings. The second-order valence-corrected chi connectivity index (χ2v) is 4.13. The van der Waals surface area contributed by atoms with Gasteiger partial charge in [-0.05, 0) is 42.8 Å². The van der Waals surface area contributed by atoms with Crippen molar-refractivity contribution >= 4 is 15.9 Å². The van der Waals surface area contributed by atoms with Gasteiger partial charge >= 0.3 is 0 Å². The minimum atomic E-state index is 0.792. The van der Waals surface area contributed by atoms with Gasteiger partial charge in [-0.1, -0.05) is 34.1 Å². The first-order valence-corrected chi connectivity index (χ1v) is 5.39. The van der Waals surface area contributed by atoms with Gasteiger partial charge in [0.1, 0.15) is 11.5 Å². The number of hydrogen-bond donors (Lipinski definition) is 0. The molecule has 0 atom stereocenters. The highest BCUT2D eigenvalue weighted by Crippen LogP contribution is 2.25. The average molecular weight is 262 g/mol. The van der Waals surface area contributed by atoms with Crippen molar-refractivity contribution in [2.45, 2.75) is 0 Å². The highest BCUT2D eigenvalue weighted by molar-refractivity contribution is 9.10. The second-order valence-electron chi connectivity index (χ2n) is 3.21. The van der Waals surface area contributed by atoms with Crippen molar-refractivity contribution in [2.75, 3.05) is 0 Å². The molecular weight excluding hydrogens is 252 g/mol. The predicted molar refractivity (Wildman–Crippen MR) is 65.1 cm³/mol. The molecule has 0 saturated carbocycles. The maximum Gasteiger partial charge on any atom is 0.128 e. The Labute approximate surface area is 97.8 Å². The van der Waals surface area contributed by atoms with Crippen LogP contribution < -0.4 is 4.74 Å². The fourth-order valence-electron chi connectivity index (χ4n) is 1.30. The van der Waals surface area contributed by atoms with E-state index >= 15 is 0 Å². The molecule has 0 aromatic heterocycles. The van der Waals surface area contributed by atoms with Crippen LogP contribution in [0.1, 0.15) is 5.56 Å². The molecule has 2 aromatic rings. The van der Waals surface area contributed by atoms with Crippen molar-refractivity contribution in [3.63, 3.8) is 0 Å². The Morgan fingerprint density at radius 1 is 0.933 bits per heavy atom. The zero-order chi connectivity index (χ0) is 10.7. The Bertz CT molecular complexity index is 431. The van der Waals surface area contributed by atoms with Crippen LogP contribution in [0.25, 0.3) is 0 Å². The molecule has 0 spiro atoms. The Balaban J connectivity index is 2.25. The minimum absolute atomic E-state index is 0.792. The van der Waals surface area contributed by atoms with Crippen molar-refractivity contribution in [2.24, 2.45) is 0 Å². The zero-order valence-electron chi connectivity index (χ0n) is 8.11. The zero-order valence-corrected chi connectivity index (χ0v) is 9.70. The number of hydrogen-bond acceptors (Lipinski definition) is 1. The molecule has 0 amide bonds. The topological polar surface area (TPSA) is 9.23 Å². The fraction of sp³-hybridized carbons (Fsp3) is 0. The van der Waals surface area contributed by atoms with E-state index < -0.39 is 0 Å². The first-order valence-electron chi connectivity index (χ1n) is 4.59. The van der Waals surface area contributed by atoms with Gasteiger partial charge in [-0.3, -0.25) is 0 Å². The van der Waals surface area contributed by atoms with Crippen molar-refractivity contribution in [1.29, 1.82) is 0 Å². The van der Waals surface area contributed by atoms with E-state index in [9.17, 15) is 0 Å². The molecule has 0 saturated heterocycles. The summed E-state index contributed by atoms with van der Waals surface area (Å²) in [5, 5.41) is 0. The van der Waals surface area contributed by atoms with Crippen LogP contribution in [0.4, 0.5) is 0 Å². The summed E-state index contributed by atoms with van der Waals surface area (Å²) >= 11 is 3.41. The van der Waals surface area contributed by atoms with Crippen LogP contribution in [0, 0.1) is 6.92 Å². The lowest BCUT2D eigenvalue weighted by molar-refractivity contribution is 0.482. The molecule has 0 aliphatic carbocycles. The summed E-state index contributed by atoms with van der Waals surface area (Å²) in [6, 6.07) is 15.4. The van der Waals surface area contributed by atoms with Gasteiger partial charge in [0.05, 0.1) is 0 Å². The largest absolute Gasteiger partial charge is 0.457 e. The van der Waals surface area contributed by atoms with Gasteiger partial charge < -0.3 is 4.74 Å². The number of benzene rings is 2. The van der Waals surface area contributed by atoms with E-state index in [1.54, 1.807) is 0 Å². The number of rotatable bonds is 2. The first kappa shape index (κ1) is 10.2. The fourth-order valence-corrected chi connectivity index (χ4v) is 1.82. The smallest absolute Gasteiger partial charge is 0.128 e. The third-order valence-corrected chi connectivity index (χ3v) is 2.37. The van der Waals surface area contributed by atoms with Crippen LogP contribution in [0.2, 0.25) is 0 Å². The van der Waals surface area contributed by atoms with Crippen LogP contribution >= 0.6 is 15.9 Å². The van der Waals surface area contributed by atoms with Crippen LogP contribution in [0.5, 0.6) is 11.5 Å². The molecule has 0 unspecified atom stereocenters. The van der Waals surface area contributed by atoms with Crippen LogP contribution in [0.15, 0.2) is 53.0 Å². The summed E-state index contributed by atoms with van der Waals surface area (Å²) < 4.78 is 6.64. The van der Waals surface area contributed by atoms with E-state index in [4.69, 9.17) is 4.74 Å². The molecule has 0 aliphatic heterocycles.